The van der Waals surface area contributed by atoms with Gasteiger partial charge in [-0.3, -0.25) is 9.69 Å². The lowest BCUT2D eigenvalue weighted by atomic mass is 10.2. The number of furan rings is 1. The maximum atomic E-state index is 13.5. The number of hydrogen-bond donors (Lipinski definition) is 0. The summed E-state index contributed by atoms with van der Waals surface area (Å²) in [6.45, 7) is 0.266. The van der Waals surface area contributed by atoms with E-state index >= 15 is 0 Å². The number of ether oxygens (including phenoxy) is 1. The van der Waals surface area contributed by atoms with E-state index in [1.54, 1.807) is 47.6 Å². The summed E-state index contributed by atoms with van der Waals surface area (Å²) in [5.41, 5.74) is 1.31. The second kappa shape index (κ2) is 8.86. The van der Waals surface area contributed by atoms with Crippen molar-refractivity contribution >= 4 is 44.2 Å². The van der Waals surface area contributed by atoms with Gasteiger partial charge in [-0.2, -0.15) is 0 Å². The van der Waals surface area contributed by atoms with Gasteiger partial charge in [0, 0.05) is 10.6 Å². The maximum absolute atomic E-state index is 13.5. The molecule has 2 heterocycles. The van der Waals surface area contributed by atoms with Crippen molar-refractivity contribution in [2.75, 3.05) is 4.90 Å². The number of anilines is 1. The van der Waals surface area contributed by atoms with Crippen molar-refractivity contribution in [3.05, 3.63) is 108 Å². The number of nitrogens with zero attached hydrogens (tertiary/aromatic N) is 2. The first-order valence-electron chi connectivity index (χ1n) is 9.89. The van der Waals surface area contributed by atoms with Crippen LogP contribution < -0.4 is 9.64 Å². The van der Waals surface area contributed by atoms with Crippen LogP contribution in [0.3, 0.4) is 0 Å². The van der Waals surface area contributed by atoms with Crippen LogP contribution in [0.25, 0.3) is 10.2 Å². The number of benzene rings is 3. The van der Waals surface area contributed by atoms with Gasteiger partial charge >= 0.3 is 0 Å². The Hall–Kier alpha value is -3.61. The van der Waals surface area contributed by atoms with Crippen LogP contribution in [-0.2, 0) is 6.54 Å². The Bertz CT molecular complexity index is 1350. The molecular weight excluding hydrogens is 444 g/mol. The van der Waals surface area contributed by atoms with Gasteiger partial charge in [-0.15, -0.1) is 0 Å². The molecule has 0 unspecified atom stereocenters. The molecule has 2 aromatic heterocycles. The Kier molecular flexibility index (Phi) is 5.62. The number of halogens is 1. The SMILES string of the molecule is O=C(c1ccc(Oc2ccccc2)cc1)N(Cc1ccco1)c1nc2ccc(Cl)cc2s1. The van der Waals surface area contributed by atoms with E-state index in [-0.39, 0.29) is 12.5 Å². The Morgan fingerprint density at radius 1 is 0.969 bits per heavy atom. The minimum Gasteiger partial charge on any atom is -0.467 e. The molecule has 0 saturated carbocycles. The predicted octanol–water partition coefficient (Wildman–Crippen LogP) is 7.18. The second-order valence-corrected chi connectivity index (χ2v) is 8.46. The van der Waals surface area contributed by atoms with E-state index in [0.29, 0.717) is 27.2 Å². The molecule has 0 spiro atoms. The Labute approximate surface area is 193 Å². The Balaban J connectivity index is 1.44. The number of hydrogen-bond acceptors (Lipinski definition) is 5. The number of fused-ring (bicyclic) bond motifs is 1. The van der Waals surface area contributed by atoms with Gasteiger partial charge in [-0.05, 0) is 66.7 Å². The lowest BCUT2D eigenvalue weighted by molar-refractivity contribution is 0.0983. The molecule has 5 aromatic rings. The zero-order chi connectivity index (χ0) is 21.9. The van der Waals surface area contributed by atoms with Gasteiger partial charge in [0.2, 0.25) is 0 Å². The summed E-state index contributed by atoms with van der Waals surface area (Å²) in [6.07, 6.45) is 1.59. The largest absolute Gasteiger partial charge is 0.467 e. The number of carbonyl (C=O) groups excluding carboxylic acids is 1. The van der Waals surface area contributed by atoms with Gasteiger partial charge in [0.15, 0.2) is 5.13 Å². The topological polar surface area (TPSA) is 55.6 Å². The van der Waals surface area contributed by atoms with Crippen molar-refractivity contribution in [2.24, 2.45) is 0 Å². The number of aromatic nitrogens is 1. The number of thiazole rings is 1. The molecule has 0 radical (unpaired) electrons. The summed E-state index contributed by atoms with van der Waals surface area (Å²) >= 11 is 7.54. The molecule has 32 heavy (non-hydrogen) atoms. The molecule has 7 heteroatoms. The highest BCUT2D eigenvalue weighted by atomic mass is 35.5. The molecule has 0 N–H and O–H groups in total. The molecule has 0 atom stereocenters. The van der Waals surface area contributed by atoms with Crippen LogP contribution in [0.4, 0.5) is 5.13 Å². The fraction of sp³-hybridized carbons (Fsp3) is 0.0400. The summed E-state index contributed by atoms with van der Waals surface area (Å²) in [5, 5.41) is 1.21. The van der Waals surface area contributed by atoms with Gasteiger partial charge in [0.05, 0.1) is 23.0 Å². The molecular formula is C25H17ClN2O3S. The summed E-state index contributed by atoms with van der Waals surface area (Å²) in [6, 6.07) is 25.7. The minimum atomic E-state index is -0.183. The van der Waals surface area contributed by atoms with Gasteiger partial charge in [-0.1, -0.05) is 41.1 Å². The van der Waals surface area contributed by atoms with Crippen molar-refractivity contribution < 1.29 is 13.9 Å². The van der Waals surface area contributed by atoms with Crippen molar-refractivity contribution in [3.63, 3.8) is 0 Å². The quantitative estimate of drug-likeness (QED) is 0.269. The third kappa shape index (κ3) is 4.37. The number of para-hydroxylation sites is 1. The van der Waals surface area contributed by atoms with E-state index in [1.807, 2.05) is 48.5 Å². The molecule has 0 fully saturated rings. The first kappa shape index (κ1) is 20.3. The van der Waals surface area contributed by atoms with Crippen LogP contribution in [0.2, 0.25) is 5.02 Å². The summed E-state index contributed by atoms with van der Waals surface area (Å²) in [7, 11) is 0. The standard InChI is InChI=1S/C25H17ClN2O3S/c26-18-10-13-22-23(15-18)32-25(27-22)28(16-21-7-4-14-30-21)24(29)17-8-11-20(12-9-17)31-19-5-2-1-3-6-19/h1-15H,16H2. The number of carbonyl (C=O) groups is 1. The Morgan fingerprint density at radius 3 is 2.50 bits per heavy atom. The van der Waals surface area contributed by atoms with Crippen LogP contribution in [-0.4, -0.2) is 10.9 Å². The fourth-order valence-electron chi connectivity index (χ4n) is 3.23. The van der Waals surface area contributed by atoms with Gasteiger partial charge < -0.3 is 9.15 Å². The molecule has 0 bridgehead atoms. The summed E-state index contributed by atoms with van der Waals surface area (Å²) in [4.78, 5) is 19.7. The average Bonchev–Trinajstić information content (AvgIpc) is 3.47. The van der Waals surface area contributed by atoms with Gasteiger partial charge in [0.1, 0.15) is 17.3 Å². The number of rotatable bonds is 6. The summed E-state index contributed by atoms with van der Waals surface area (Å²) in [5.74, 6) is 1.87. The molecule has 3 aromatic carbocycles. The monoisotopic (exact) mass is 460 g/mol. The van der Waals surface area contributed by atoms with E-state index in [0.717, 1.165) is 16.0 Å². The fourth-order valence-corrected chi connectivity index (χ4v) is 4.47. The molecule has 1 amide bonds. The van der Waals surface area contributed by atoms with Crippen LogP contribution >= 0.6 is 22.9 Å². The normalized spacial score (nSPS) is 10.9. The van der Waals surface area contributed by atoms with E-state index in [4.69, 9.17) is 20.8 Å². The molecule has 0 aliphatic heterocycles. The highest BCUT2D eigenvalue weighted by molar-refractivity contribution is 7.22. The lowest BCUT2D eigenvalue weighted by Gasteiger charge is -2.19. The minimum absolute atomic E-state index is 0.183. The first-order valence-corrected chi connectivity index (χ1v) is 11.1. The lowest BCUT2D eigenvalue weighted by Crippen LogP contribution is -2.30. The van der Waals surface area contributed by atoms with E-state index < -0.39 is 0 Å². The molecule has 0 saturated heterocycles. The molecule has 158 valence electrons. The van der Waals surface area contributed by atoms with Crippen molar-refractivity contribution in [2.45, 2.75) is 6.54 Å². The smallest absolute Gasteiger partial charge is 0.260 e. The molecule has 5 nitrogen and oxygen atoms in total. The molecule has 0 aliphatic rings. The third-order valence-electron chi connectivity index (χ3n) is 4.79. The third-order valence-corrected chi connectivity index (χ3v) is 6.07. The summed E-state index contributed by atoms with van der Waals surface area (Å²) < 4.78 is 12.2. The first-order chi connectivity index (χ1) is 15.7. The average molecular weight is 461 g/mol. The van der Waals surface area contributed by atoms with Crippen molar-refractivity contribution in [3.8, 4) is 11.5 Å². The maximum Gasteiger partial charge on any atom is 0.260 e. The zero-order valence-corrected chi connectivity index (χ0v) is 18.3. The van der Waals surface area contributed by atoms with Crippen LogP contribution in [0.15, 0.2) is 95.6 Å². The van der Waals surface area contributed by atoms with E-state index in [1.165, 1.54) is 11.3 Å². The molecule has 0 aliphatic carbocycles. The van der Waals surface area contributed by atoms with Crippen LogP contribution in [0.5, 0.6) is 11.5 Å². The number of amides is 1. The highest BCUT2D eigenvalue weighted by Gasteiger charge is 2.23. The van der Waals surface area contributed by atoms with Gasteiger partial charge in [-0.25, -0.2) is 4.98 Å². The van der Waals surface area contributed by atoms with Crippen molar-refractivity contribution in [1.82, 2.24) is 4.98 Å². The highest BCUT2D eigenvalue weighted by Crippen LogP contribution is 2.33. The van der Waals surface area contributed by atoms with Crippen LogP contribution in [0.1, 0.15) is 16.1 Å². The zero-order valence-electron chi connectivity index (χ0n) is 16.8. The second-order valence-electron chi connectivity index (χ2n) is 7.02. The van der Waals surface area contributed by atoms with Crippen molar-refractivity contribution in [1.29, 1.82) is 0 Å². The molecule has 5 rings (SSSR count). The van der Waals surface area contributed by atoms with E-state index in [2.05, 4.69) is 4.98 Å². The predicted molar refractivity (Wildman–Crippen MR) is 127 cm³/mol. The van der Waals surface area contributed by atoms with E-state index in [9.17, 15) is 4.79 Å². The Morgan fingerprint density at radius 2 is 1.75 bits per heavy atom. The van der Waals surface area contributed by atoms with Gasteiger partial charge in [0.25, 0.3) is 5.91 Å². The van der Waals surface area contributed by atoms with Crippen LogP contribution in [0, 0.1) is 0 Å².